The van der Waals surface area contributed by atoms with E-state index in [1.165, 1.54) is 12.1 Å². The number of aliphatic hydroxyl groups is 1. The van der Waals surface area contributed by atoms with E-state index >= 15 is 0 Å². The molecular weight excluding hydrogens is 231 g/mol. The maximum atomic E-state index is 12.8. The van der Waals surface area contributed by atoms with E-state index in [1.807, 2.05) is 12.1 Å². The molecule has 1 aromatic rings. The van der Waals surface area contributed by atoms with Crippen LogP contribution in [0.5, 0.6) is 0 Å². The number of piperazine rings is 1. The molecule has 1 heterocycles. The monoisotopic (exact) mass is 252 g/mol. The molecule has 1 aliphatic rings. The molecule has 0 amide bonds. The van der Waals surface area contributed by atoms with Crippen LogP contribution in [0.15, 0.2) is 24.3 Å². The minimum Gasteiger partial charge on any atom is -0.396 e. The second kappa shape index (κ2) is 6.27. The van der Waals surface area contributed by atoms with Crippen molar-refractivity contribution in [3.05, 3.63) is 35.6 Å². The zero-order chi connectivity index (χ0) is 13.0. The van der Waals surface area contributed by atoms with Crippen LogP contribution in [0.1, 0.15) is 12.0 Å². The van der Waals surface area contributed by atoms with Crippen LogP contribution in [0.25, 0.3) is 0 Å². The number of hydrogen-bond donors (Lipinski definition) is 1. The highest BCUT2D eigenvalue weighted by Crippen LogP contribution is 2.14. The van der Waals surface area contributed by atoms with Crippen molar-refractivity contribution < 1.29 is 9.50 Å². The van der Waals surface area contributed by atoms with Gasteiger partial charge in [0.05, 0.1) is 0 Å². The molecule has 1 aliphatic heterocycles. The number of nitrogens with zero attached hydrogens (tertiary/aromatic N) is 2. The van der Waals surface area contributed by atoms with Crippen LogP contribution in [0.3, 0.4) is 0 Å². The maximum Gasteiger partial charge on any atom is 0.123 e. The Morgan fingerprint density at radius 1 is 1.28 bits per heavy atom. The van der Waals surface area contributed by atoms with Crippen molar-refractivity contribution in [2.45, 2.75) is 19.0 Å². The summed E-state index contributed by atoms with van der Waals surface area (Å²) in [5.41, 5.74) is 1.14. The van der Waals surface area contributed by atoms with Crippen molar-refractivity contribution in [1.29, 1.82) is 0 Å². The van der Waals surface area contributed by atoms with Crippen molar-refractivity contribution in [2.75, 3.05) is 33.3 Å². The molecule has 1 saturated heterocycles. The van der Waals surface area contributed by atoms with Crippen molar-refractivity contribution in [3.63, 3.8) is 0 Å². The number of benzene rings is 1. The Morgan fingerprint density at radius 3 is 2.67 bits per heavy atom. The molecule has 4 heteroatoms. The van der Waals surface area contributed by atoms with E-state index in [0.717, 1.165) is 38.2 Å². The fourth-order valence-electron chi connectivity index (χ4n) is 2.46. The SMILES string of the molecule is CN1CCN(Cc2ccc(F)cc2)C[C@H]1CCO. The lowest BCUT2D eigenvalue weighted by molar-refractivity contribution is 0.0743. The van der Waals surface area contributed by atoms with E-state index in [0.29, 0.717) is 6.04 Å². The predicted octanol–water partition coefficient (Wildman–Crippen LogP) is 1.32. The fourth-order valence-corrected chi connectivity index (χ4v) is 2.46. The summed E-state index contributed by atoms with van der Waals surface area (Å²) in [4.78, 5) is 4.67. The van der Waals surface area contributed by atoms with Gasteiger partial charge in [-0.1, -0.05) is 12.1 Å². The van der Waals surface area contributed by atoms with Gasteiger partial charge in [0.25, 0.3) is 0 Å². The van der Waals surface area contributed by atoms with Crippen LogP contribution in [0.2, 0.25) is 0 Å². The molecule has 0 saturated carbocycles. The topological polar surface area (TPSA) is 26.7 Å². The molecule has 0 aromatic heterocycles. The van der Waals surface area contributed by atoms with E-state index in [-0.39, 0.29) is 12.4 Å². The predicted molar refractivity (Wildman–Crippen MR) is 69.8 cm³/mol. The maximum absolute atomic E-state index is 12.8. The van der Waals surface area contributed by atoms with Crippen molar-refractivity contribution >= 4 is 0 Å². The Bertz CT molecular complexity index is 369. The molecule has 0 spiro atoms. The van der Waals surface area contributed by atoms with Gasteiger partial charge in [0.2, 0.25) is 0 Å². The standard InChI is InChI=1S/C14H21FN2O/c1-16-7-8-17(11-14(16)6-9-18)10-12-2-4-13(15)5-3-12/h2-5,14,18H,6-11H2,1H3/t14-/m1/s1. The van der Waals surface area contributed by atoms with E-state index < -0.39 is 0 Å². The molecule has 1 fully saturated rings. The Balaban J connectivity index is 1.91. The lowest BCUT2D eigenvalue weighted by Gasteiger charge is -2.39. The van der Waals surface area contributed by atoms with Crippen molar-refractivity contribution in [3.8, 4) is 0 Å². The van der Waals surface area contributed by atoms with E-state index in [9.17, 15) is 4.39 Å². The van der Waals surface area contributed by atoms with Crippen LogP contribution < -0.4 is 0 Å². The second-order valence-electron chi connectivity index (χ2n) is 5.01. The molecule has 1 N–H and O–H groups in total. The van der Waals surface area contributed by atoms with E-state index in [1.54, 1.807) is 0 Å². The average Bonchev–Trinajstić information content (AvgIpc) is 2.37. The Hall–Kier alpha value is -0.970. The summed E-state index contributed by atoms with van der Waals surface area (Å²) >= 11 is 0. The largest absolute Gasteiger partial charge is 0.396 e. The summed E-state index contributed by atoms with van der Waals surface area (Å²) in [5.74, 6) is -0.185. The number of likely N-dealkylation sites (N-methyl/N-ethyl adjacent to an activating group) is 1. The Labute approximate surface area is 108 Å². The zero-order valence-corrected chi connectivity index (χ0v) is 10.8. The first kappa shape index (κ1) is 13.5. The quantitative estimate of drug-likeness (QED) is 0.875. The number of hydrogen-bond acceptors (Lipinski definition) is 3. The van der Waals surface area contributed by atoms with Crippen molar-refractivity contribution in [1.82, 2.24) is 9.80 Å². The van der Waals surface area contributed by atoms with Gasteiger partial charge < -0.3 is 10.0 Å². The summed E-state index contributed by atoms with van der Waals surface area (Å²) in [7, 11) is 2.11. The van der Waals surface area contributed by atoms with Gasteiger partial charge in [0.15, 0.2) is 0 Å². The lowest BCUT2D eigenvalue weighted by Crippen LogP contribution is -2.51. The molecule has 100 valence electrons. The summed E-state index contributed by atoms with van der Waals surface area (Å²) < 4.78 is 12.8. The molecule has 0 unspecified atom stereocenters. The van der Waals surface area contributed by atoms with Crippen LogP contribution >= 0.6 is 0 Å². The van der Waals surface area contributed by atoms with Gasteiger partial charge in [-0.15, -0.1) is 0 Å². The highest BCUT2D eigenvalue weighted by molar-refractivity contribution is 5.16. The van der Waals surface area contributed by atoms with E-state index in [4.69, 9.17) is 5.11 Å². The smallest absolute Gasteiger partial charge is 0.123 e. The third-order valence-corrected chi connectivity index (χ3v) is 3.64. The van der Waals surface area contributed by atoms with Gasteiger partial charge in [-0.25, -0.2) is 4.39 Å². The molecule has 1 atom stereocenters. The molecule has 18 heavy (non-hydrogen) atoms. The number of halogens is 1. The van der Waals surface area contributed by atoms with E-state index in [2.05, 4.69) is 16.8 Å². The minimum absolute atomic E-state index is 0.185. The molecule has 3 nitrogen and oxygen atoms in total. The van der Waals surface area contributed by atoms with Gasteiger partial charge in [0.1, 0.15) is 5.82 Å². The highest BCUT2D eigenvalue weighted by atomic mass is 19.1. The highest BCUT2D eigenvalue weighted by Gasteiger charge is 2.23. The van der Waals surface area contributed by atoms with Gasteiger partial charge in [-0.3, -0.25) is 4.90 Å². The fraction of sp³-hybridized carbons (Fsp3) is 0.571. The first-order valence-electron chi connectivity index (χ1n) is 6.47. The molecule has 2 rings (SSSR count). The molecule has 0 aliphatic carbocycles. The summed E-state index contributed by atoms with van der Waals surface area (Å²) in [6.45, 7) is 4.10. The first-order chi connectivity index (χ1) is 8.69. The summed E-state index contributed by atoms with van der Waals surface area (Å²) in [5, 5.41) is 9.06. The zero-order valence-electron chi connectivity index (χ0n) is 10.8. The third-order valence-electron chi connectivity index (χ3n) is 3.64. The first-order valence-corrected chi connectivity index (χ1v) is 6.47. The van der Waals surface area contributed by atoms with Crippen LogP contribution in [-0.4, -0.2) is 54.2 Å². The Morgan fingerprint density at radius 2 is 2.00 bits per heavy atom. The van der Waals surface area contributed by atoms with Crippen molar-refractivity contribution in [2.24, 2.45) is 0 Å². The van der Waals surface area contributed by atoms with Gasteiger partial charge in [0, 0.05) is 38.8 Å². The normalized spacial score (nSPS) is 22.3. The summed E-state index contributed by atoms with van der Waals surface area (Å²) in [6.07, 6.45) is 0.816. The third kappa shape index (κ3) is 3.51. The molecule has 0 radical (unpaired) electrons. The van der Waals surface area contributed by atoms with Gasteiger partial charge >= 0.3 is 0 Å². The molecule has 0 bridgehead atoms. The lowest BCUT2D eigenvalue weighted by atomic mass is 10.1. The second-order valence-corrected chi connectivity index (χ2v) is 5.01. The van der Waals surface area contributed by atoms with Crippen LogP contribution in [0, 0.1) is 5.82 Å². The minimum atomic E-state index is -0.185. The van der Waals surface area contributed by atoms with Crippen LogP contribution in [0.4, 0.5) is 4.39 Å². The molecule has 1 aromatic carbocycles. The number of rotatable bonds is 4. The van der Waals surface area contributed by atoms with Gasteiger partial charge in [-0.2, -0.15) is 0 Å². The van der Waals surface area contributed by atoms with Crippen LogP contribution in [-0.2, 0) is 6.54 Å². The average molecular weight is 252 g/mol. The summed E-state index contributed by atoms with van der Waals surface area (Å²) in [6, 6.07) is 7.13. The number of aliphatic hydroxyl groups excluding tert-OH is 1. The Kier molecular flexibility index (Phi) is 4.69. The molecular formula is C14H21FN2O. The van der Waals surface area contributed by atoms with Gasteiger partial charge in [-0.05, 0) is 31.2 Å².